The third kappa shape index (κ3) is 7.29. The Hall–Kier alpha value is -3.92. The molecule has 0 fully saturated rings. The summed E-state index contributed by atoms with van der Waals surface area (Å²) in [7, 11) is -2.68. The maximum atomic E-state index is 13.2. The van der Waals surface area contributed by atoms with Crippen LogP contribution in [0.2, 0.25) is 0 Å². The van der Waals surface area contributed by atoms with E-state index in [1.165, 1.54) is 19.2 Å². The van der Waals surface area contributed by atoms with Gasteiger partial charge in [0.05, 0.1) is 17.7 Å². The highest BCUT2D eigenvalue weighted by atomic mass is 32.2. The van der Waals surface area contributed by atoms with Gasteiger partial charge in [-0.1, -0.05) is 32.0 Å². The molecule has 196 valence electrons. The van der Waals surface area contributed by atoms with E-state index in [0.29, 0.717) is 17.7 Å². The van der Waals surface area contributed by atoms with Gasteiger partial charge in [0.2, 0.25) is 5.91 Å². The molecular weight excluding hydrogens is 497 g/mol. The zero-order valence-electron chi connectivity index (χ0n) is 21.0. The van der Waals surface area contributed by atoms with Crippen molar-refractivity contribution in [2.75, 3.05) is 17.1 Å². The number of halogens is 1. The molecule has 0 aliphatic heterocycles. The number of hydrogen-bond donors (Lipinski definition) is 3. The van der Waals surface area contributed by atoms with Gasteiger partial charge < -0.3 is 15.4 Å². The summed E-state index contributed by atoms with van der Waals surface area (Å²) < 4.78 is 46.5. The van der Waals surface area contributed by atoms with Crippen LogP contribution in [0.5, 0.6) is 5.75 Å². The molecule has 3 N–H and O–H groups in total. The van der Waals surface area contributed by atoms with Crippen LogP contribution < -0.4 is 20.1 Å². The van der Waals surface area contributed by atoms with Crippen LogP contribution in [0.25, 0.3) is 0 Å². The first-order chi connectivity index (χ1) is 17.5. The summed E-state index contributed by atoms with van der Waals surface area (Å²) in [6.45, 7) is 5.70. The minimum Gasteiger partial charge on any atom is -0.495 e. The van der Waals surface area contributed by atoms with Crippen LogP contribution in [0.1, 0.15) is 36.2 Å². The lowest BCUT2D eigenvalue weighted by Gasteiger charge is -2.21. The molecule has 0 heterocycles. The van der Waals surface area contributed by atoms with Gasteiger partial charge in [-0.25, -0.2) is 12.8 Å². The minimum atomic E-state index is -4.06. The topological polar surface area (TPSA) is 114 Å². The molecule has 2 amide bonds. The van der Waals surface area contributed by atoms with E-state index in [4.69, 9.17) is 4.74 Å². The Morgan fingerprint density at radius 2 is 1.68 bits per heavy atom. The quantitative estimate of drug-likeness (QED) is 0.353. The molecule has 8 nitrogen and oxygen atoms in total. The summed E-state index contributed by atoms with van der Waals surface area (Å²) in [5, 5.41) is 5.56. The Labute approximate surface area is 216 Å². The minimum absolute atomic E-state index is 0.0778. The standard InChI is InChI=1S/C27H30FN3O5S/c1-17(2)15-24(30-26(32)22-8-6-5-7-18(22)3)27(33)29-20-11-14-25(36-4)23(16-20)31-37(34,35)21-12-9-19(28)10-13-21/h5-14,16-17,24,31H,15H2,1-4H3,(H,29,33)(H,30,32). The number of methoxy groups -OCH3 is 1. The van der Waals surface area contributed by atoms with Crippen LogP contribution in [0.3, 0.4) is 0 Å². The molecule has 1 unspecified atom stereocenters. The number of carbonyl (C=O) groups is 2. The smallest absolute Gasteiger partial charge is 0.262 e. The van der Waals surface area contributed by atoms with Crippen molar-refractivity contribution in [1.29, 1.82) is 0 Å². The van der Waals surface area contributed by atoms with E-state index in [2.05, 4.69) is 15.4 Å². The van der Waals surface area contributed by atoms with Crippen molar-refractivity contribution in [1.82, 2.24) is 5.32 Å². The predicted molar refractivity (Wildman–Crippen MR) is 141 cm³/mol. The van der Waals surface area contributed by atoms with Crippen LogP contribution in [0.15, 0.2) is 71.6 Å². The Kier molecular flexibility index (Phi) is 8.88. The van der Waals surface area contributed by atoms with Gasteiger partial charge in [-0.05, 0) is 73.4 Å². The lowest BCUT2D eigenvalue weighted by atomic mass is 10.0. The fourth-order valence-electron chi connectivity index (χ4n) is 3.68. The fourth-order valence-corrected chi connectivity index (χ4v) is 4.74. The molecule has 0 saturated carbocycles. The van der Waals surface area contributed by atoms with E-state index in [0.717, 1.165) is 29.8 Å². The number of aryl methyl sites for hydroxylation is 1. The number of carbonyl (C=O) groups excluding carboxylic acids is 2. The average molecular weight is 528 g/mol. The number of nitrogens with one attached hydrogen (secondary N) is 3. The zero-order valence-corrected chi connectivity index (χ0v) is 21.9. The van der Waals surface area contributed by atoms with Gasteiger partial charge in [0.1, 0.15) is 17.6 Å². The van der Waals surface area contributed by atoms with Crippen molar-refractivity contribution < 1.29 is 27.1 Å². The van der Waals surface area contributed by atoms with Crippen molar-refractivity contribution in [2.45, 2.75) is 38.1 Å². The second-order valence-corrected chi connectivity index (χ2v) is 10.6. The molecule has 3 aromatic rings. The summed E-state index contributed by atoms with van der Waals surface area (Å²) in [4.78, 5) is 25.9. The van der Waals surface area contributed by atoms with Crippen molar-refractivity contribution >= 4 is 33.2 Å². The molecule has 0 aliphatic rings. The van der Waals surface area contributed by atoms with Gasteiger partial charge in [0.15, 0.2) is 0 Å². The summed E-state index contributed by atoms with van der Waals surface area (Å²) in [5.74, 6) is -1.04. The Morgan fingerprint density at radius 3 is 2.30 bits per heavy atom. The van der Waals surface area contributed by atoms with Gasteiger partial charge in [-0.3, -0.25) is 14.3 Å². The third-order valence-corrected chi connectivity index (χ3v) is 6.94. The van der Waals surface area contributed by atoms with Crippen LogP contribution in [-0.2, 0) is 14.8 Å². The van der Waals surface area contributed by atoms with Crippen molar-refractivity contribution in [3.8, 4) is 5.75 Å². The summed E-state index contributed by atoms with van der Waals surface area (Å²) in [5.41, 5.74) is 1.64. The van der Waals surface area contributed by atoms with E-state index in [1.54, 1.807) is 18.2 Å². The SMILES string of the molecule is COc1ccc(NC(=O)C(CC(C)C)NC(=O)c2ccccc2C)cc1NS(=O)(=O)c1ccc(F)cc1. The third-order valence-electron chi connectivity index (χ3n) is 5.55. The number of hydrogen-bond acceptors (Lipinski definition) is 5. The molecule has 10 heteroatoms. The molecule has 3 aromatic carbocycles. The molecule has 3 rings (SSSR count). The highest BCUT2D eigenvalue weighted by molar-refractivity contribution is 7.92. The average Bonchev–Trinajstić information content (AvgIpc) is 2.83. The van der Waals surface area contributed by atoms with Crippen molar-refractivity contribution in [3.05, 3.63) is 83.7 Å². The van der Waals surface area contributed by atoms with E-state index in [9.17, 15) is 22.4 Å². The lowest BCUT2D eigenvalue weighted by molar-refractivity contribution is -0.118. The maximum absolute atomic E-state index is 13.2. The molecule has 37 heavy (non-hydrogen) atoms. The predicted octanol–water partition coefficient (Wildman–Crippen LogP) is 4.73. The van der Waals surface area contributed by atoms with E-state index in [1.807, 2.05) is 32.9 Å². The van der Waals surface area contributed by atoms with E-state index >= 15 is 0 Å². The van der Waals surface area contributed by atoms with Gasteiger partial charge in [-0.15, -0.1) is 0 Å². The lowest BCUT2D eigenvalue weighted by Crippen LogP contribution is -2.44. The largest absolute Gasteiger partial charge is 0.495 e. The summed E-state index contributed by atoms with van der Waals surface area (Å²) in [6, 6.07) is 15.1. The highest BCUT2D eigenvalue weighted by Crippen LogP contribution is 2.30. The molecule has 0 bridgehead atoms. The monoisotopic (exact) mass is 527 g/mol. The zero-order chi connectivity index (χ0) is 27.2. The van der Waals surface area contributed by atoms with Crippen LogP contribution in [0.4, 0.5) is 15.8 Å². The summed E-state index contributed by atoms with van der Waals surface area (Å²) >= 11 is 0. The van der Waals surface area contributed by atoms with E-state index < -0.39 is 27.8 Å². The molecule has 0 spiro atoms. The highest BCUT2D eigenvalue weighted by Gasteiger charge is 2.24. The number of sulfonamides is 1. The Bertz CT molecular complexity index is 1380. The van der Waals surface area contributed by atoms with Crippen molar-refractivity contribution in [2.24, 2.45) is 5.92 Å². The normalized spacial score (nSPS) is 12.1. The number of ether oxygens (including phenoxy) is 1. The first kappa shape index (κ1) is 27.7. The fraction of sp³-hybridized carbons (Fsp3) is 0.259. The molecule has 0 radical (unpaired) electrons. The number of amides is 2. The van der Waals surface area contributed by atoms with Gasteiger partial charge >= 0.3 is 0 Å². The second kappa shape index (κ2) is 11.9. The number of anilines is 2. The van der Waals surface area contributed by atoms with Gasteiger partial charge in [-0.2, -0.15) is 0 Å². The molecule has 0 aliphatic carbocycles. The maximum Gasteiger partial charge on any atom is 0.262 e. The Balaban J connectivity index is 1.82. The molecule has 0 saturated heterocycles. The summed E-state index contributed by atoms with van der Waals surface area (Å²) in [6.07, 6.45) is 0.393. The van der Waals surface area contributed by atoms with Crippen LogP contribution in [-0.4, -0.2) is 33.4 Å². The number of benzene rings is 3. The molecule has 1 atom stereocenters. The van der Waals surface area contributed by atoms with Crippen molar-refractivity contribution in [3.63, 3.8) is 0 Å². The van der Waals surface area contributed by atoms with Gasteiger partial charge in [0, 0.05) is 11.3 Å². The van der Waals surface area contributed by atoms with E-state index in [-0.39, 0.29) is 28.2 Å². The molecule has 0 aromatic heterocycles. The second-order valence-electron chi connectivity index (χ2n) is 8.93. The first-order valence-electron chi connectivity index (χ1n) is 11.6. The number of rotatable bonds is 10. The van der Waals surface area contributed by atoms with Crippen LogP contribution >= 0.6 is 0 Å². The van der Waals surface area contributed by atoms with Gasteiger partial charge in [0.25, 0.3) is 15.9 Å². The van der Waals surface area contributed by atoms with Crippen LogP contribution in [0, 0.1) is 18.7 Å². The Morgan fingerprint density at radius 1 is 1.00 bits per heavy atom. The molecular formula is C27H30FN3O5S. The first-order valence-corrected chi connectivity index (χ1v) is 13.1.